The summed E-state index contributed by atoms with van der Waals surface area (Å²) in [5.74, 6) is 0.281. The number of nitrogens with one attached hydrogen (secondary N) is 1. The van der Waals surface area contributed by atoms with E-state index >= 15 is 0 Å². The van der Waals surface area contributed by atoms with Crippen molar-refractivity contribution >= 4 is 6.09 Å². The minimum atomic E-state index is -0.424. The Balaban J connectivity index is 1.39. The number of carbonyl (C=O) groups excluding carboxylic acids is 1. The number of rotatable bonds is 5. The second-order valence-corrected chi connectivity index (χ2v) is 5.48. The van der Waals surface area contributed by atoms with Gasteiger partial charge in [-0.05, 0) is 35.4 Å². The van der Waals surface area contributed by atoms with Crippen molar-refractivity contribution < 1.29 is 13.9 Å². The first kappa shape index (κ1) is 14.5. The highest BCUT2D eigenvalue weighted by Crippen LogP contribution is 2.46. The predicted molar refractivity (Wildman–Crippen MR) is 79.7 cm³/mol. The molecule has 1 fully saturated rings. The van der Waals surface area contributed by atoms with Crippen LogP contribution in [-0.2, 0) is 11.3 Å². The summed E-state index contributed by atoms with van der Waals surface area (Å²) in [6.45, 7) is 0.795. The fourth-order valence-corrected chi connectivity index (χ4v) is 2.50. The number of amides is 1. The van der Waals surface area contributed by atoms with Gasteiger partial charge in [0, 0.05) is 12.7 Å². The molecule has 0 spiro atoms. The lowest BCUT2D eigenvalue weighted by Gasteiger charge is -2.07. The van der Waals surface area contributed by atoms with Gasteiger partial charge in [0.1, 0.15) is 12.4 Å². The minimum absolute atomic E-state index is 0.259. The third-order valence-corrected chi connectivity index (χ3v) is 3.80. The van der Waals surface area contributed by atoms with E-state index < -0.39 is 6.09 Å². The molecule has 1 aliphatic rings. The normalized spacial score (nSPS) is 19.5. The highest BCUT2D eigenvalue weighted by Gasteiger charge is 2.38. The van der Waals surface area contributed by atoms with E-state index in [2.05, 4.69) is 10.3 Å². The molecule has 4 nitrogen and oxygen atoms in total. The number of nitrogens with zero attached hydrogens (tertiary/aromatic N) is 1. The van der Waals surface area contributed by atoms with Crippen molar-refractivity contribution in [2.75, 3.05) is 6.54 Å². The van der Waals surface area contributed by atoms with Crippen LogP contribution < -0.4 is 5.32 Å². The van der Waals surface area contributed by atoms with E-state index in [4.69, 9.17) is 4.74 Å². The molecule has 1 aromatic carbocycles. The van der Waals surface area contributed by atoms with Crippen molar-refractivity contribution in [3.63, 3.8) is 0 Å². The summed E-state index contributed by atoms with van der Waals surface area (Å²) >= 11 is 0. The number of ether oxygens (including phenoxy) is 1. The lowest BCUT2D eigenvalue weighted by atomic mass is 10.1. The first-order valence-electron chi connectivity index (χ1n) is 7.27. The number of hydrogen-bond donors (Lipinski definition) is 1. The van der Waals surface area contributed by atoms with Gasteiger partial charge >= 0.3 is 6.09 Å². The predicted octanol–water partition coefficient (Wildman–Crippen LogP) is 3.25. The first-order chi connectivity index (χ1) is 10.7. The van der Waals surface area contributed by atoms with E-state index in [1.807, 2.05) is 30.3 Å². The van der Waals surface area contributed by atoms with Crippen LogP contribution >= 0.6 is 0 Å². The summed E-state index contributed by atoms with van der Waals surface area (Å²) in [5, 5.41) is 2.75. The number of aromatic nitrogens is 1. The van der Waals surface area contributed by atoms with Crippen molar-refractivity contribution in [3.05, 3.63) is 65.7 Å². The first-order valence-corrected chi connectivity index (χ1v) is 7.27. The van der Waals surface area contributed by atoms with Gasteiger partial charge in [-0.15, -0.1) is 0 Å². The maximum absolute atomic E-state index is 13.1. The van der Waals surface area contributed by atoms with Crippen molar-refractivity contribution in [2.24, 2.45) is 5.92 Å². The fraction of sp³-hybridized carbons (Fsp3) is 0.294. The zero-order valence-electron chi connectivity index (χ0n) is 12.0. The molecule has 22 heavy (non-hydrogen) atoms. The van der Waals surface area contributed by atoms with E-state index in [1.165, 1.54) is 12.3 Å². The van der Waals surface area contributed by atoms with Gasteiger partial charge in [-0.1, -0.05) is 30.3 Å². The summed E-state index contributed by atoms with van der Waals surface area (Å²) in [6, 6.07) is 11.0. The largest absolute Gasteiger partial charge is 0.445 e. The van der Waals surface area contributed by atoms with E-state index in [9.17, 15) is 9.18 Å². The zero-order valence-corrected chi connectivity index (χ0v) is 12.0. The lowest BCUT2D eigenvalue weighted by Crippen LogP contribution is -2.26. The zero-order chi connectivity index (χ0) is 15.4. The van der Waals surface area contributed by atoms with Gasteiger partial charge in [0.25, 0.3) is 0 Å². The molecule has 2 atom stereocenters. The van der Waals surface area contributed by atoms with Crippen LogP contribution in [0.3, 0.4) is 0 Å². The number of benzene rings is 1. The van der Waals surface area contributed by atoms with Crippen LogP contribution in [0.4, 0.5) is 9.18 Å². The maximum Gasteiger partial charge on any atom is 0.407 e. The smallest absolute Gasteiger partial charge is 0.407 e. The molecule has 0 saturated heterocycles. The molecule has 1 heterocycles. The maximum atomic E-state index is 13.1. The van der Waals surface area contributed by atoms with Crippen LogP contribution in [0.1, 0.15) is 23.5 Å². The average Bonchev–Trinajstić information content (AvgIpc) is 3.32. The Morgan fingerprint density at radius 1 is 1.32 bits per heavy atom. The lowest BCUT2D eigenvalue weighted by molar-refractivity contribution is 0.139. The van der Waals surface area contributed by atoms with Gasteiger partial charge < -0.3 is 10.1 Å². The third-order valence-electron chi connectivity index (χ3n) is 3.80. The van der Waals surface area contributed by atoms with Crippen LogP contribution in [0.5, 0.6) is 0 Å². The molecule has 0 aliphatic heterocycles. The van der Waals surface area contributed by atoms with Crippen molar-refractivity contribution in [1.82, 2.24) is 10.3 Å². The van der Waals surface area contributed by atoms with Gasteiger partial charge in [-0.2, -0.15) is 0 Å². The van der Waals surface area contributed by atoms with Gasteiger partial charge in [0.2, 0.25) is 0 Å². The Morgan fingerprint density at radius 3 is 2.91 bits per heavy atom. The molecule has 1 aromatic heterocycles. The standard InChI is InChI=1S/C17H17FN2O2/c18-15-6-13(8-19-10-15)16-7-14(16)9-20-17(21)22-11-12-4-2-1-3-5-12/h1-6,8,10,14,16H,7,9,11H2,(H,20,21)/t14-,16-/m1/s1. The molecule has 2 aromatic rings. The molecule has 0 unspecified atom stereocenters. The van der Waals surface area contributed by atoms with Crippen molar-refractivity contribution in [3.8, 4) is 0 Å². The number of pyridine rings is 1. The molecule has 3 rings (SSSR count). The van der Waals surface area contributed by atoms with Gasteiger partial charge in [-0.25, -0.2) is 9.18 Å². The summed E-state index contributed by atoms with van der Waals surface area (Å²) in [5.41, 5.74) is 1.84. The molecule has 5 heteroatoms. The van der Waals surface area contributed by atoms with Crippen LogP contribution in [-0.4, -0.2) is 17.6 Å². The molecule has 1 N–H and O–H groups in total. The van der Waals surface area contributed by atoms with E-state index in [1.54, 1.807) is 6.20 Å². The minimum Gasteiger partial charge on any atom is -0.445 e. The van der Waals surface area contributed by atoms with E-state index in [0.29, 0.717) is 12.5 Å². The monoisotopic (exact) mass is 300 g/mol. The van der Waals surface area contributed by atoms with Crippen molar-refractivity contribution in [1.29, 1.82) is 0 Å². The van der Waals surface area contributed by atoms with Crippen LogP contribution in [0.2, 0.25) is 0 Å². The highest BCUT2D eigenvalue weighted by atomic mass is 19.1. The molecule has 1 aliphatic carbocycles. The molecule has 0 bridgehead atoms. The Kier molecular flexibility index (Phi) is 4.32. The molecule has 0 radical (unpaired) electrons. The molecule has 1 amide bonds. The fourth-order valence-electron chi connectivity index (χ4n) is 2.50. The van der Waals surface area contributed by atoms with Crippen molar-refractivity contribution in [2.45, 2.75) is 18.9 Å². The molecular weight excluding hydrogens is 283 g/mol. The molecular formula is C17H17FN2O2. The van der Waals surface area contributed by atoms with Gasteiger partial charge in [0.05, 0.1) is 6.20 Å². The number of halogens is 1. The van der Waals surface area contributed by atoms with E-state index in [-0.39, 0.29) is 18.3 Å². The number of alkyl carbamates (subject to hydrolysis) is 1. The summed E-state index contributed by atoms with van der Waals surface area (Å²) < 4.78 is 18.2. The number of carbonyl (C=O) groups is 1. The third kappa shape index (κ3) is 3.81. The quantitative estimate of drug-likeness (QED) is 0.922. The molecule has 1 saturated carbocycles. The Labute approximate surface area is 128 Å². The Hall–Kier alpha value is -2.43. The van der Waals surface area contributed by atoms with Gasteiger partial charge in [-0.3, -0.25) is 4.98 Å². The van der Waals surface area contributed by atoms with Crippen LogP contribution in [0, 0.1) is 11.7 Å². The van der Waals surface area contributed by atoms with Crippen LogP contribution in [0.25, 0.3) is 0 Å². The molecule has 114 valence electrons. The summed E-state index contributed by atoms with van der Waals surface area (Å²) in [6.07, 6.45) is 3.39. The summed E-state index contributed by atoms with van der Waals surface area (Å²) in [4.78, 5) is 15.5. The van der Waals surface area contributed by atoms with Crippen LogP contribution in [0.15, 0.2) is 48.8 Å². The second-order valence-electron chi connectivity index (χ2n) is 5.48. The Morgan fingerprint density at radius 2 is 2.14 bits per heavy atom. The Bertz CT molecular complexity index is 648. The van der Waals surface area contributed by atoms with Gasteiger partial charge in [0.15, 0.2) is 0 Å². The topological polar surface area (TPSA) is 51.2 Å². The number of hydrogen-bond acceptors (Lipinski definition) is 3. The second kappa shape index (κ2) is 6.56. The average molecular weight is 300 g/mol. The van der Waals surface area contributed by atoms with E-state index in [0.717, 1.165) is 17.5 Å². The highest BCUT2D eigenvalue weighted by molar-refractivity contribution is 5.67. The summed E-state index contributed by atoms with van der Waals surface area (Å²) in [7, 11) is 0. The SMILES string of the molecule is O=C(NC[C@H]1C[C@@H]1c1cncc(F)c1)OCc1ccccc1.